The van der Waals surface area contributed by atoms with Crippen LogP contribution < -0.4 is 0 Å². The standard InChI is InChI=1S/C21H21ClN4O3S/c1-11-12(2)30-21-18(11)19(14-4-6-15(22)7-5-14)23-16(10-17(28)29-9-8-27)20-25-24-13(3)26(20)21/h4-7,16,27H,8-10H2,1-3H3/t16-/m1/s1. The van der Waals surface area contributed by atoms with E-state index < -0.39 is 12.0 Å². The number of ether oxygens (including phenoxy) is 1. The number of carbonyl (C=O) groups is 1. The summed E-state index contributed by atoms with van der Waals surface area (Å²) in [6, 6.07) is 6.94. The van der Waals surface area contributed by atoms with Crippen molar-refractivity contribution in [3.05, 3.63) is 62.5 Å². The van der Waals surface area contributed by atoms with Crippen molar-refractivity contribution in [1.82, 2.24) is 14.8 Å². The zero-order chi connectivity index (χ0) is 21.4. The Balaban J connectivity index is 1.91. The number of aliphatic hydroxyl groups is 1. The molecule has 4 rings (SSSR count). The van der Waals surface area contributed by atoms with Crippen molar-refractivity contribution in [2.75, 3.05) is 13.2 Å². The van der Waals surface area contributed by atoms with Gasteiger partial charge in [-0.3, -0.25) is 14.4 Å². The number of fused-ring (bicyclic) bond motifs is 3. The third kappa shape index (κ3) is 3.66. The first-order chi connectivity index (χ1) is 14.4. The predicted molar refractivity (Wildman–Crippen MR) is 116 cm³/mol. The van der Waals surface area contributed by atoms with Crippen LogP contribution >= 0.6 is 22.9 Å². The lowest BCUT2D eigenvalue weighted by Gasteiger charge is -2.12. The van der Waals surface area contributed by atoms with Crippen LogP contribution in [0.1, 0.15) is 45.7 Å². The fraction of sp³-hybridized carbons (Fsp3) is 0.333. The maximum absolute atomic E-state index is 12.3. The number of aliphatic hydroxyl groups excluding tert-OH is 1. The average molecular weight is 445 g/mol. The second kappa shape index (κ2) is 8.29. The molecule has 1 aliphatic heterocycles. The van der Waals surface area contributed by atoms with Crippen molar-refractivity contribution in [2.45, 2.75) is 33.2 Å². The molecular formula is C21H21ClN4O3S. The van der Waals surface area contributed by atoms with Crippen LogP contribution in [0.4, 0.5) is 0 Å². The van der Waals surface area contributed by atoms with Crippen molar-refractivity contribution >= 4 is 34.6 Å². The summed E-state index contributed by atoms with van der Waals surface area (Å²) in [6.07, 6.45) is 0.00218. The molecule has 30 heavy (non-hydrogen) atoms. The number of benzene rings is 1. The lowest BCUT2D eigenvalue weighted by Crippen LogP contribution is -2.15. The molecule has 3 aromatic rings. The molecule has 0 aliphatic carbocycles. The molecule has 0 radical (unpaired) electrons. The van der Waals surface area contributed by atoms with Crippen LogP contribution in [0.2, 0.25) is 5.02 Å². The van der Waals surface area contributed by atoms with Gasteiger partial charge >= 0.3 is 5.97 Å². The number of carbonyl (C=O) groups excluding carboxylic acids is 1. The highest BCUT2D eigenvalue weighted by atomic mass is 35.5. The number of rotatable bonds is 5. The van der Waals surface area contributed by atoms with E-state index in [1.54, 1.807) is 11.3 Å². The molecule has 0 fully saturated rings. The maximum Gasteiger partial charge on any atom is 0.308 e. The molecule has 0 unspecified atom stereocenters. The molecule has 1 aromatic carbocycles. The summed E-state index contributed by atoms with van der Waals surface area (Å²) in [6.45, 7) is 5.78. The molecular weight excluding hydrogens is 424 g/mol. The van der Waals surface area contributed by atoms with Crippen molar-refractivity contribution in [2.24, 2.45) is 4.99 Å². The highest BCUT2D eigenvalue weighted by Gasteiger charge is 2.32. The zero-order valence-electron chi connectivity index (χ0n) is 16.8. The number of nitrogens with zero attached hydrogens (tertiary/aromatic N) is 4. The van der Waals surface area contributed by atoms with Gasteiger partial charge in [0.1, 0.15) is 23.5 Å². The normalized spacial score (nSPS) is 15.2. The summed E-state index contributed by atoms with van der Waals surface area (Å²) >= 11 is 7.75. The molecule has 0 bridgehead atoms. The number of hydrogen-bond acceptors (Lipinski definition) is 7. The third-order valence-electron chi connectivity index (χ3n) is 5.07. The number of aliphatic imine (C=N–C) groups is 1. The minimum atomic E-state index is -0.567. The van der Waals surface area contributed by atoms with Crippen LogP contribution in [-0.2, 0) is 9.53 Å². The number of halogens is 1. The monoisotopic (exact) mass is 444 g/mol. The Kier molecular flexibility index (Phi) is 5.73. The van der Waals surface area contributed by atoms with Gasteiger partial charge in [0.15, 0.2) is 5.82 Å². The van der Waals surface area contributed by atoms with Crippen molar-refractivity contribution < 1.29 is 14.6 Å². The first-order valence-corrected chi connectivity index (χ1v) is 10.7. The molecule has 0 spiro atoms. The summed E-state index contributed by atoms with van der Waals surface area (Å²) in [5.41, 5.74) is 3.83. The van der Waals surface area contributed by atoms with Gasteiger partial charge < -0.3 is 9.84 Å². The summed E-state index contributed by atoms with van der Waals surface area (Å²) < 4.78 is 7.07. The highest BCUT2D eigenvalue weighted by Crippen LogP contribution is 2.39. The maximum atomic E-state index is 12.3. The van der Waals surface area contributed by atoms with Gasteiger partial charge in [-0.15, -0.1) is 21.5 Å². The van der Waals surface area contributed by atoms with Gasteiger partial charge in [-0.05, 0) is 38.5 Å². The molecule has 156 valence electrons. The summed E-state index contributed by atoms with van der Waals surface area (Å²) in [7, 11) is 0. The molecule has 1 aliphatic rings. The average Bonchev–Trinajstić information content (AvgIpc) is 3.19. The Morgan fingerprint density at radius 1 is 1.23 bits per heavy atom. The number of hydrogen-bond donors (Lipinski definition) is 1. The largest absolute Gasteiger partial charge is 0.463 e. The van der Waals surface area contributed by atoms with Gasteiger partial charge in [0.05, 0.1) is 18.7 Å². The molecule has 7 nitrogen and oxygen atoms in total. The third-order valence-corrected chi connectivity index (χ3v) is 6.52. The Labute approximate surface area is 183 Å². The van der Waals surface area contributed by atoms with Crippen LogP contribution in [0.25, 0.3) is 5.00 Å². The van der Waals surface area contributed by atoms with Gasteiger partial charge in [-0.2, -0.15) is 0 Å². The van der Waals surface area contributed by atoms with E-state index in [0.717, 1.165) is 33.2 Å². The van der Waals surface area contributed by atoms with Gasteiger partial charge in [-0.25, -0.2) is 0 Å². The van der Waals surface area contributed by atoms with Crippen LogP contribution in [-0.4, -0.2) is 44.8 Å². The zero-order valence-corrected chi connectivity index (χ0v) is 18.4. The van der Waals surface area contributed by atoms with Crippen LogP contribution in [0.3, 0.4) is 0 Å². The molecule has 1 N–H and O–H groups in total. The smallest absolute Gasteiger partial charge is 0.308 e. The van der Waals surface area contributed by atoms with E-state index in [1.807, 2.05) is 35.8 Å². The number of thiophene rings is 1. The van der Waals surface area contributed by atoms with Gasteiger partial charge in [0.2, 0.25) is 0 Å². The van der Waals surface area contributed by atoms with Crippen molar-refractivity contribution in [3.8, 4) is 5.00 Å². The Morgan fingerprint density at radius 2 is 1.97 bits per heavy atom. The van der Waals surface area contributed by atoms with Gasteiger partial charge in [0, 0.05) is 21.0 Å². The molecule has 0 amide bonds. The second-order valence-electron chi connectivity index (χ2n) is 7.05. The minimum absolute atomic E-state index is 0.00218. The van der Waals surface area contributed by atoms with Crippen LogP contribution in [0.5, 0.6) is 0 Å². The van der Waals surface area contributed by atoms with E-state index >= 15 is 0 Å². The van der Waals surface area contributed by atoms with Gasteiger partial charge in [0.25, 0.3) is 0 Å². The van der Waals surface area contributed by atoms with E-state index in [9.17, 15) is 4.79 Å². The topological polar surface area (TPSA) is 89.6 Å². The van der Waals surface area contributed by atoms with Crippen LogP contribution in [0, 0.1) is 20.8 Å². The Hall–Kier alpha value is -2.55. The second-order valence-corrected chi connectivity index (χ2v) is 8.69. The Morgan fingerprint density at radius 3 is 2.67 bits per heavy atom. The number of aryl methyl sites for hydroxylation is 2. The first kappa shape index (κ1) is 20.7. The molecule has 0 saturated carbocycles. The lowest BCUT2D eigenvalue weighted by atomic mass is 9.99. The fourth-order valence-electron chi connectivity index (χ4n) is 3.51. The van der Waals surface area contributed by atoms with E-state index in [0.29, 0.717) is 10.8 Å². The summed E-state index contributed by atoms with van der Waals surface area (Å²) in [5, 5.41) is 19.2. The number of esters is 1. The summed E-state index contributed by atoms with van der Waals surface area (Å²) in [5.74, 6) is 0.882. The number of aromatic nitrogens is 3. The molecule has 0 saturated heterocycles. The van der Waals surface area contributed by atoms with E-state index in [4.69, 9.17) is 26.4 Å². The first-order valence-electron chi connectivity index (χ1n) is 9.53. The lowest BCUT2D eigenvalue weighted by molar-refractivity contribution is -0.145. The SMILES string of the molecule is Cc1sc2c(c1C)C(c1ccc(Cl)cc1)=N[C@H](CC(=O)OCCO)c1nnc(C)n1-2. The van der Waals surface area contributed by atoms with Crippen molar-refractivity contribution in [3.63, 3.8) is 0 Å². The molecule has 2 aromatic heterocycles. The molecule has 3 heterocycles. The quantitative estimate of drug-likeness (QED) is 0.605. The van der Waals surface area contributed by atoms with Gasteiger partial charge in [-0.1, -0.05) is 23.7 Å². The van der Waals surface area contributed by atoms with E-state index in [2.05, 4.69) is 24.0 Å². The molecule has 1 atom stereocenters. The van der Waals surface area contributed by atoms with E-state index in [-0.39, 0.29) is 19.6 Å². The minimum Gasteiger partial charge on any atom is -0.463 e. The van der Waals surface area contributed by atoms with Crippen molar-refractivity contribution in [1.29, 1.82) is 0 Å². The summed E-state index contributed by atoms with van der Waals surface area (Å²) in [4.78, 5) is 18.5. The predicted octanol–water partition coefficient (Wildman–Crippen LogP) is 3.73. The molecule has 9 heteroatoms. The van der Waals surface area contributed by atoms with Crippen LogP contribution in [0.15, 0.2) is 29.3 Å². The highest BCUT2D eigenvalue weighted by molar-refractivity contribution is 7.15. The van der Waals surface area contributed by atoms with E-state index in [1.165, 1.54) is 4.88 Å². The fourth-order valence-corrected chi connectivity index (χ4v) is 4.85. The Bertz CT molecular complexity index is 1130.